The monoisotopic (exact) mass is 436 g/mol. The zero-order valence-electron chi connectivity index (χ0n) is 18.4. The van der Waals surface area contributed by atoms with Crippen LogP contribution in [-0.2, 0) is 17.8 Å². The molecule has 2 aromatic carbocycles. The molecule has 1 aliphatic heterocycles. The smallest absolute Gasteiger partial charge is 0.258 e. The Hall–Kier alpha value is -3.39. The van der Waals surface area contributed by atoms with Crippen molar-refractivity contribution in [3.8, 4) is 11.5 Å². The summed E-state index contributed by atoms with van der Waals surface area (Å²) in [6.45, 7) is 4.01. The van der Waals surface area contributed by atoms with Gasteiger partial charge >= 0.3 is 0 Å². The summed E-state index contributed by atoms with van der Waals surface area (Å²) in [5.74, 6) is 2.09. The van der Waals surface area contributed by atoms with Gasteiger partial charge in [-0.05, 0) is 36.8 Å². The van der Waals surface area contributed by atoms with Crippen LogP contribution in [0.25, 0.3) is 10.9 Å². The lowest BCUT2D eigenvalue weighted by Crippen LogP contribution is -2.41. The number of carbonyl (C=O) groups is 1. The van der Waals surface area contributed by atoms with Crippen LogP contribution < -0.4 is 20.3 Å². The third-order valence-electron chi connectivity index (χ3n) is 5.59. The van der Waals surface area contributed by atoms with Crippen molar-refractivity contribution < 1.29 is 14.3 Å². The minimum atomic E-state index is -0.166. The molecule has 0 spiro atoms. The molecule has 1 unspecified atom stereocenters. The van der Waals surface area contributed by atoms with Crippen LogP contribution in [0.3, 0.4) is 0 Å². The lowest BCUT2D eigenvalue weighted by molar-refractivity contribution is -0.122. The van der Waals surface area contributed by atoms with Crippen molar-refractivity contribution in [2.75, 3.05) is 26.7 Å². The van der Waals surface area contributed by atoms with Gasteiger partial charge in [0.2, 0.25) is 5.91 Å². The molecule has 8 heteroatoms. The Morgan fingerprint density at radius 2 is 2.16 bits per heavy atom. The lowest BCUT2D eigenvalue weighted by atomic mass is 10.2. The van der Waals surface area contributed by atoms with E-state index in [0.717, 1.165) is 23.5 Å². The summed E-state index contributed by atoms with van der Waals surface area (Å²) in [4.78, 5) is 34.2. The molecule has 0 fully saturated rings. The van der Waals surface area contributed by atoms with Crippen LogP contribution in [0.15, 0.2) is 47.3 Å². The predicted molar refractivity (Wildman–Crippen MR) is 122 cm³/mol. The van der Waals surface area contributed by atoms with Gasteiger partial charge in [-0.15, -0.1) is 0 Å². The van der Waals surface area contributed by atoms with Gasteiger partial charge in [-0.2, -0.15) is 0 Å². The van der Waals surface area contributed by atoms with Gasteiger partial charge in [-0.25, -0.2) is 4.98 Å². The molecule has 0 aliphatic carbocycles. The topological polar surface area (TPSA) is 96.6 Å². The Labute approximate surface area is 186 Å². The number of benzene rings is 2. The molecule has 1 amide bonds. The van der Waals surface area contributed by atoms with Crippen molar-refractivity contribution >= 4 is 16.8 Å². The maximum atomic E-state index is 12.6. The first-order valence-electron chi connectivity index (χ1n) is 10.9. The standard InChI is InChI=1S/C24H28N4O4/c1-3-17-14-28(13-16-12-18(31-2)8-9-21(16)32-17)15-23(29)25-11-10-22-26-20-7-5-4-6-19(20)24(30)27-22/h4-9,12,17H,3,10-11,13-15H2,1-2H3,(H,25,29)(H,26,27,30). The van der Waals surface area contributed by atoms with Crippen LogP contribution in [0.4, 0.5) is 0 Å². The molecule has 1 aromatic heterocycles. The fourth-order valence-electron chi connectivity index (χ4n) is 3.90. The van der Waals surface area contributed by atoms with Crippen LogP contribution >= 0.6 is 0 Å². The maximum Gasteiger partial charge on any atom is 0.258 e. The lowest BCUT2D eigenvalue weighted by Gasteiger charge is -2.22. The highest BCUT2D eigenvalue weighted by atomic mass is 16.5. The minimum Gasteiger partial charge on any atom is -0.497 e. The molecule has 0 saturated heterocycles. The van der Waals surface area contributed by atoms with Crippen LogP contribution in [0.2, 0.25) is 0 Å². The summed E-state index contributed by atoms with van der Waals surface area (Å²) >= 11 is 0. The van der Waals surface area contributed by atoms with E-state index in [1.54, 1.807) is 13.2 Å². The molecule has 2 heterocycles. The Morgan fingerprint density at radius 3 is 2.97 bits per heavy atom. The van der Waals surface area contributed by atoms with E-state index in [1.807, 2.05) is 36.4 Å². The van der Waals surface area contributed by atoms with Gasteiger partial charge in [0, 0.05) is 31.6 Å². The van der Waals surface area contributed by atoms with Gasteiger partial charge in [0.25, 0.3) is 5.56 Å². The Bertz CT molecular complexity index is 1160. The largest absolute Gasteiger partial charge is 0.497 e. The number of aromatic nitrogens is 2. The number of carbonyl (C=O) groups excluding carboxylic acids is 1. The summed E-state index contributed by atoms with van der Waals surface area (Å²) in [5.41, 5.74) is 1.49. The van der Waals surface area contributed by atoms with E-state index in [2.05, 4.69) is 27.1 Å². The van der Waals surface area contributed by atoms with Crippen LogP contribution in [0.5, 0.6) is 11.5 Å². The van der Waals surface area contributed by atoms with Gasteiger partial charge in [-0.3, -0.25) is 14.5 Å². The average molecular weight is 437 g/mol. The fourth-order valence-corrected chi connectivity index (χ4v) is 3.90. The summed E-state index contributed by atoms with van der Waals surface area (Å²) in [7, 11) is 1.64. The van der Waals surface area contributed by atoms with Crippen molar-refractivity contribution in [1.29, 1.82) is 0 Å². The number of para-hydroxylation sites is 1. The first kappa shape index (κ1) is 21.8. The van der Waals surface area contributed by atoms with Gasteiger partial charge in [0.1, 0.15) is 23.4 Å². The van der Waals surface area contributed by atoms with E-state index in [1.165, 1.54) is 0 Å². The van der Waals surface area contributed by atoms with E-state index in [9.17, 15) is 9.59 Å². The van der Waals surface area contributed by atoms with Crippen LogP contribution in [0, 0.1) is 0 Å². The van der Waals surface area contributed by atoms with Crippen molar-refractivity contribution in [3.63, 3.8) is 0 Å². The Morgan fingerprint density at radius 1 is 1.31 bits per heavy atom. The highest BCUT2D eigenvalue weighted by Gasteiger charge is 2.23. The Balaban J connectivity index is 1.36. The molecule has 8 nitrogen and oxygen atoms in total. The zero-order valence-corrected chi connectivity index (χ0v) is 18.4. The molecule has 3 aromatic rings. The zero-order chi connectivity index (χ0) is 22.5. The molecular weight excluding hydrogens is 408 g/mol. The number of nitrogens with zero attached hydrogens (tertiary/aromatic N) is 2. The summed E-state index contributed by atoms with van der Waals surface area (Å²) < 4.78 is 11.5. The molecule has 0 bridgehead atoms. The molecule has 0 radical (unpaired) electrons. The number of nitrogens with one attached hydrogen (secondary N) is 2. The van der Waals surface area contributed by atoms with E-state index >= 15 is 0 Å². The van der Waals surface area contributed by atoms with Crippen LogP contribution in [0.1, 0.15) is 24.7 Å². The number of fused-ring (bicyclic) bond motifs is 2. The molecule has 0 saturated carbocycles. The Kier molecular flexibility index (Phi) is 6.70. The first-order chi connectivity index (χ1) is 15.6. The molecule has 1 aliphatic rings. The number of hydrogen-bond acceptors (Lipinski definition) is 6. The SMILES string of the molecule is CCC1CN(CC(=O)NCCc2nc3ccccc3c(=O)[nH]2)Cc2cc(OC)ccc2O1. The number of ether oxygens (including phenoxy) is 2. The molecular formula is C24H28N4O4. The van der Waals surface area contributed by atoms with Gasteiger partial charge in [0.15, 0.2) is 0 Å². The van der Waals surface area contributed by atoms with Crippen molar-refractivity contribution in [2.45, 2.75) is 32.4 Å². The molecule has 4 rings (SSSR count). The number of methoxy groups -OCH3 is 1. The molecule has 2 N–H and O–H groups in total. The summed E-state index contributed by atoms with van der Waals surface area (Å²) in [6.07, 6.45) is 1.32. The summed E-state index contributed by atoms with van der Waals surface area (Å²) in [5, 5.41) is 3.50. The molecule has 1 atom stereocenters. The predicted octanol–water partition coefficient (Wildman–Crippen LogP) is 2.26. The highest BCUT2D eigenvalue weighted by Crippen LogP contribution is 2.29. The third kappa shape index (κ3) is 5.08. The van der Waals surface area contributed by atoms with Crippen LogP contribution in [-0.4, -0.2) is 53.6 Å². The minimum absolute atomic E-state index is 0.0179. The second-order valence-corrected chi connectivity index (χ2v) is 7.92. The van der Waals surface area contributed by atoms with Crippen molar-refractivity contribution in [1.82, 2.24) is 20.2 Å². The number of H-pyrrole nitrogens is 1. The van der Waals surface area contributed by atoms with Crippen molar-refractivity contribution in [3.05, 3.63) is 64.2 Å². The maximum absolute atomic E-state index is 12.6. The van der Waals surface area contributed by atoms with E-state index in [-0.39, 0.29) is 24.1 Å². The van der Waals surface area contributed by atoms with E-state index in [0.29, 0.717) is 42.8 Å². The number of rotatable bonds is 7. The first-order valence-corrected chi connectivity index (χ1v) is 10.9. The second-order valence-electron chi connectivity index (χ2n) is 7.92. The highest BCUT2D eigenvalue weighted by molar-refractivity contribution is 5.78. The fraction of sp³-hybridized carbons (Fsp3) is 0.375. The number of amides is 1. The number of hydrogen-bond donors (Lipinski definition) is 2. The molecule has 32 heavy (non-hydrogen) atoms. The normalized spacial score (nSPS) is 16.1. The van der Waals surface area contributed by atoms with E-state index < -0.39 is 0 Å². The average Bonchev–Trinajstić information content (AvgIpc) is 2.97. The third-order valence-corrected chi connectivity index (χ3v) is 5.59. The molecule has 168 valence electrons. The quantitative estimate of drug-likeness (QED) is 0.590. The van der Waals surface area contributed by atoms with Gasteiger partial charge in [-0.1, -0.05) is 19.1 Å². The second kappa shape index (κ2) is 9.82. The van der Waals surface area contributed by atoms with E-state index in [4.69, 9.17) is 9.47 Å². The van der Waals surface area contributed by atoms with Gasteiger partial charge in [0.05, 0.1) is 24.6 Å². The number of aromatic amines is 1. The summed E-state index contributed by atoms with van der Waals surface area (Å²) in [6, 6.07) is 13.0. The van der Waals surface area contributed by atoms with Gasteiger partial charge < -0.3 is 19.8 Å². The van der Waals surface area contributed by atoms with Crippen molar-refractivity contribution in [2.24, 2.45) is 0 Å².